The number of methoxy groups -OCH3 is 2. The van der Waals surface area contributed by atoms with E-state index in [9.17, 15) is 4.79 Å². The molecule has 0 saturated heterocycles. The van der Waals surface area contributed by atoms with E-state index in [-0.39, 0.29) is 11.8 Å². The van der Waals surface area contributed by atoms with Crippen molar-refractivity contribution in [3.63, 3.8) is 0 Å². The van der Waals surface area contributed by atoms with Crippen molar-refractivity contribution in [3.8, 4) is 17.2 Å². The molecule has 0 N–H and O–H groups in total. The number of fused-ring (bicyclic) bond motifs is 3. The zero-order valence-corrected chi connectivity index (χ0v) is 19.4. The number of nitrogens with zero attached hydrogens (tertiary/aromatic N) is 2. The lowest BCUT2D eigenvalue weighted by molar-refractivity contribution is -0.00455. The number of carbonyl (C=O) groups excluding carboxylic acids is 1. The van der Waals surface area contributed by atoms with Gasteiger partial charge in [0.1, 0.15) is 5.75 Å². The van der Waals surface area contributed by atoms with Gasteiger partial charge in [-0.3, -0.25) is 4.79 Å². The number of hydrogen-bond acceptors (Lipinski definition) is 6. The highest BCUT2D eigenvalue weighted by molar-refractivity contribution is 6.31. The Morgan fingerprint density at radius 3 is 2.42 bits per heavy atom. The molecule has 2 heterocycles. The Bertz CT molecular complexity index is 1260. The Labute approximate surface area is 201 Å². The molecule has 0 aromatic heterocycles. The number of hydrazone groups is 1. The van der Waals surface area contributed by atoms with E-state index in [1.165, 1.54) is 0 Å². The Kier molecular flexibility index (Phi) is 5.64. The largest absolute Gasteiger partial charge is 0.493 e. The molecule has 0 radical (unpaired) electrons. The molecule has 0 spiro atoms. The van der Waals surface area contributed by atoms with Gasteiger partial charge in [0, 0.05) is 33.2 Å². The zero-order chi connectivity index (χ0) is 23.1. The molecule has 0 aliphatic carbocycles. The van der Waals surface area contributed by atoms with E-state index in [0.29, 0.717) is 39.3 Å². The average Bonchev–Trinajstić information content (AvgIpc) is 3.29. The van der Waals surface area contributed by atoms with Gasteiger partial charge in [-0.1, -0.05) is 23.2 Å². The normalized spacial score (nSPS) is 18.7. The minimum absolute atomic E-state index is 0.197. The van der Waals surface area contributed by atoms with E-state index in [1.54, 1.807) is 55.6 Å². The molecule has 168 valence electrons. The molecule has 0 bridgehead atoms. The maximum absolute atomic E-state index is 13.4. The maximum atomic E-state index is 13.4. The minimum atomic E-state index is -0.914. The Morgan fingerprint density at radius 1 is 0.970 bits per heavy atom. The first-order valence-corrected chi connectivity index (χ1v) is 11.1. The number of rotatable bonds is 5. The lowest BCUT2D eigenvalue weighted by atomic mass is 9.95. The maximum Gasteiger partial charge on any atom is 0.251 e. The fraction of sp³-hybridized carbons (Fsp3) is 0.200. The van der Waals surface area contributed by atoms with E-state index < -0.39 is 6.23 Å². The van der Waals surface area contributed by atoms with E-state index >= 15 is 0 Å². The van der Waals surface area contributed by atoms with Crippen molar-refractivity contribution in [2.75, 3.05) is 14.2 Å². The first kappa shape index (κ1) is 21.6. The van der Waals surface area contributed by atoms with E-state index in [1.807, 2.05) is 24.3 Å². The molecule has 5 rings (SSSR count). The highest BCUT2D eigenvalue weighted by Gasteiger charge is 2.43. The molecule has 2 aliphatic rings. The summed E-state index contributed by atoms with van der Waals surface area (Å²) >= 11 is 12.3. The summed E-state index contributed by atoms with van der Waals surface area (Å²) in [5.74, 6) is 1.66. The van der Waals surface area contributed by atoms with E-state index in [2.05, 4.69) is 0 Å². The van der Waals surface area contributed by atoms with Crippen LogP contribution in [0.3, 0.4) is 0 Å². The van der Waals surface area contributed by atoms with Crippen molar-refractivity contribution in [1.82, 2.24) is 5.01 Å². The molecular weight excluding hydrogens is 463 g/mol. The predicted molar refractivity (Wildman–Crippen MR) is 127 cm³/mol. The molecule has 0 saturated carbocycles. The highest BCUT2D eigenvalue weighted by atomic mass is 35.5. The molecule has 3 aromatic carbocycles. The van der Waals surface area contributed by atoms with Gasteiger partial charge in [-0.25, -0.2) is 5.01 Å². The number of halogens is 2. The van der Waals surface area contributed by atoms with Crippen LogP contribution in [0.15, 0.2) is 65.8 Å². The first-order chi connectivity index (χ1) is 16.0. The minimum Gasteiger partial charge on any atom is -0.493 e. The van der Waals surface area contributed by atoms with Gasteiger partial charge in [0.15, 0.2) is 11.5 Å². The second kappa shape index (κ2) is 8.61. The fourth-order valence-electron chi connectivity index (χ4n) is 4.18. The Morgan fingerprint density at radius 2 is 1.70 bits per heavy atom. The van der Waals surface area contributed by atoms with Crippen molar-refractivity contribution in [2.24, 2.45) is 5.10 Å². The number of carbonyl (C=O) groups is 1. The van der Waals surface area contributed by atoms with Crippen LogP contribution in [-0.4, -0.2) is 37.0 Å². The number of Topliss-reactive ketones (excluding diaryl/α,β-unsaturated/α-hetero) is 1. The van der Waals surface area contributed by atoms with Crippen LogP contribution in [0.4, 0.5) is 0 Å². The van der Waals surface area contributed by atoms with Crippen molar-refractivity contribution in [1.29, 1.82) is 0 Å². The molecule has 0 unspecified atom stereocenters. The van der Waals surface area contributed by atoms with Gasteiger partial charge in [0.25, 0.3) is 6.23 Å². The topological polar surface area (TPSA) is 60.4 Å². The van der Waals surface area contributed by atoms with E-state index in [0.717, 1.165) is 16.8 Å². The third-order valence-corrected chi connectivity index (χ3v) is 6.31. The van der Waals surface area contributed by atoms with Gasteiger partial charge in [-0.15, -0.1) is 0 Å². The molecule has 6 nitrogen and oxygen atoms in total. The molecular formula is C25H20Cl2N2O4. The molecule has 0 amide bonds. The van der Waals surface area contributed by atoms with Gasteiger partial charge < -0.3 is 14.2 Å². The SMILES string of the molecule is COc1ccc(C2=NN3[C@H](C2)c2cc(Cl)ccc2O[C@H]3C(=O)c2ccc(Cl)cc2)cc1OC. The lowest BCUT2D eigenvalue weighted by Crippen LogP contribution is -2.45. The zero-order valence-electron chi connectivity index (χ0n) is 17.9. The van der Waals surface area contributed by atoms with Crippen LogP contribution < -0.4 is 14.2 Å². The van der Waals surface area contributed by atoms with Gasteiger partial charge in [0.05, 0.1) is 26.0 Å². The van der Waals surface area contributed by atoms with E-state index in [4.69, 9.17) is 42.5 Å². The standard InChI is InChI=1S/C25H20Cl2N2O4/c1-31-22-9-5-15(11-23(22)32-2)19-13-20-18-12-17(27)8-10-21(18)33-25(29(20)28-19)24(30)14-3-6-16(26)7-4-14/h3-12,20,25H,13H2,1-2H3/t20-,25+/m1/s1. The first-order valence-electron chi connectivity index (χ1n) is 10.3. The number of ether oxygens (including phenoxy) is 3. The summed E-state index contributed by atoms with van der Waals surface area (Å²) in [6.45, 7) is 0. The quantitative estimate of drug-likeness (QED) is 0.432. The molecule has 8 heteroatoms. The van der Waals surface area contributed by atoms with Crippen molar-refractivity contribution in [3.05, 3.63) is 87.4 Å². The third-order valence-electron chi connectivity index (χ3n) is 5.82. The van der Waals surface area contributed by atoms with Gasteiger partial charge in [-0.2, -0.15) is 5.10 Å². The Hall–Kier alpha value is -3.22. The molecule has 2 aliphatic heterocycles. The van der Waals surface area contributed by atoms with Crippen molar-refractivity contribution < 1.29 is 19.0 Å². The molecule has 2 atom stereocenters. The number of ketones is 1. The fourth-order valence-corrected chi connectivity index (χ4v) is 4.48. The third kappa shape index (κ3) is 3.90. The summed E-state index contributed by atoms with van der Waals surface area (Å²) in [6, 6.07) is 17.6. The second-order valence-electron chi connectivity index (χ2n) is 7.74. The molecule has 33 heavy (non-hydrogen) atoms. The van der Waals surface area contributed by atoms with Crippen molar-refractivity contribution >= 4 is 34.7 Å². The Balaban J connectivity index is 1.56. The average molecular weight is 483 g/mol. The number of benzene rings is 3. The van der Waals surface area contributed by atoms with Crippen LogP contribution in [0.2, 0.25) is 10.0 Å². The molecule has 3 aromatic rings. The van der Waals surface area contributed by atoms with Crippen LogP contribution in [-0.2, 0) is 0 Å². The van der Waals surface area contributed by atoms with Crippen LogP contribution in [0, 0.1) is 0 Å². The summed E-state index contributed by atoms with van der Waals surface area (Å²) in [4.78, 5) is 13.4. The highest BCUT2D eigenvalue weighted by Crippen LogP contribution is 2.45. The van der Waals surface area contributed by atoms with Crippen LogP contribution in [0.25, 0.3) is 0 Å². The number of hydrogen-bond donors (Lipinski definition) is 0. The van der Waals surface area contributed by atoms with Gasteiger partial charge >= 0.3 is 0 Å². The summed E-state index contributed by atoms with van der Waals surface area (Å²) in [5.41, 5.74) is 3.08. The second-order valence-corrected chi connectivity index (χ2v) is 8.61. The predicted octanol–water partition coefficient (Wildman–Crippen LogP) is 5.76. The monoisotopic (exact) mass is 482 g/mol. The molecule has 0 fully saturated rings. The van der Waals surface area contributed by atoms with Gasteiger partial charge in [0.2, 0.25) is 5.78 Å². The van der Waals surface area contributed by atoms with Crippen LogP contribution in [0.1, 0.15) is 33.9 Å². The van der Waals surface area contributed by atoms with Gasteiger partial charge in [-0.05, 0) is 60.7 Å². The lowest BCUT2D eigenvalue weighted by Gasteiger charge is -2.37. The van der Waals surface area contributed by atoms with Crippen LogP contribution >= 0.6 is 23.2 Å². The summed E-state index contributed by atoms with van der Waals surface area (Å²) in [6.07, 6.45) is -0.334. The van der Waals surface area contributed by atoms with Crippen LogP contribution in [0.5, 0.6) is 17.2 Å². The summed E-state index contributed by atoms with van der Waals surface area (Å²) in [7, 11) is 3.18. The van der Waals surface area contributed by atoms with Crippen molar-refractivity contribution in [2.45, 2.75) is 18.7 Å². The smallest absolute Gasteiger partial charge is 0.251 e. The summed E-state index contributed by atoms with van der Waals surface area (Å²) in [5, 5.41) is 7.70. The summed E-state index contributed by atoms with van der Waals surface area (Å²) < 4.78 is 16.9.